The number of fused-ring (bicyclic) bond motifs is 1. The van der Waals surface area contributed by atoms with Crippen molar-refractivity contribution in [1.82, 2.24) is 0 Å². The molecule has 1 atom stereocenters. The first-order chi connectivity index (χ1) is 9.07. The molecule has 1 saturated heterocycles. The van der Waals surface area contributed by atoms with Crippen molar-refractivity contribution in [2.24, 2.45) is 5.92 Å². The van der Waals surface area contributed by atoms with Crippen LogP contribution in [-0.4, -0.2) is 38.1 Å². The number of benzene rings is 1. The largest absolute Gasteiger partial charge is 0.392 e. The normalized spacial score (nSPS) is 24.7. The number of sulfone groups is 1. The van der Waals surface area contributed by atoms with Crippen molar-refractivity contribution in [2.45, 2.75) is 19.4 Å². The highest BCUT2D eigenvalue weighted by Crippen LogP contribution is 2.31. The standard InChI is InChI=1S/C14H19NO3S/c16-9-11-1-2-13-3-5-15(14(13)7-11)8-12-4-6-19(17,18)10-12/h1-2,7,12,16H,3-6,8-10H2. The Bertz CT molecular complexity index is 582. The number of nitrogens with zero attached hydrogens (tertiary/aromatic N) is 1. The second-order valence-electron chi connectivity index (χ2n) is 5.59. The molecular weight excluding hydrogens is 262 g/mol. The van der Waals surface area contributed by atoms with E-state index in [4.69, 9.17) is 0 Å². The van der Waals surface area contributed by atoms with Crippen LogP contribution in [0.2, 0.25) is 0 Å². The Hall–Kier alpha value is -1.07. The zero-order chi connectivity index (χ0) is 13.5. The molecule has 104 valence electrons. The Kier molecular flexibility index (Phi) is 3.27. The lowest BCUT2D eigenvalue weighted by atomic mass is 10.1. The van der Waals surface area contributed by atoms with Crippen LogP contribution >= 0.6 is 0 Å². The number of aliphatic hydroxyl groups is 1. The molecular formula is C14H19NO3S. The molecule has 2 aliphatic heterocycles. The molecule has 0 aromatic heterocycles. The molecule has 4 nitrogen and oxygen atoms in total. The van der Waals surface area contributed by atoms with Gasteiger partial charge in [-0.2, -0.15) is 0 Å². The van der Waals surface area contributed by atoms with E-state index in [2.05, 4.69) is 11.0 Å². The molecule has 0 amide bonds. The van der Waals surface area contributed by atoms with Gasteiger partial charge in [0, 0.05) is 18.8 Å². The summed E-state index contributed by atoms with van der Waals surface area (Å²) in [5, 5.41) is 9.21. The molecule has 1 fully saturated rings. The fraction of sp³-hybridized carbons (Fsp3) is 0.571. The number of hydrogen-bond donors (Lipinski definition) is 1. The van der Waals surface area contributed by atoms with E-state index in [1.54, 1.807) is 0 Å². The van der Waals surface area contributed by atoms with Crippen molar-refractivity contribution in [3.05, 3.63) is 29.3 Å². The van der Waals surface area contributed by atoms with E-state index in [0.717, 1.165) is 31.5 Å². The lowest BCUT2D eigenvalue weighted by Gasteiger charge is -2.23. The fourth-order valence-corrected chi connectivity index (χ4v) is 4.96. The van der Waals surface area contributed by atoms with Gasteiger partial charge in [-0.1, -0.05) is 12.1 Å². The van der Waals surface area contributed by atoms with Crippen molar-refractivity contribution in [1.29, 1.82) is 0 Å². The molecule has 3 rings (SSSR count). The summed E-state index contributed by atoms with van der Waals surface area (Å²) in [6.07, 6.45) is 1.80. The molecule has 0 aliphatic carbocycles. The minimum atomic E-state index is -2.79. The average Bonchev–Trinajstić information content (AvgIpc) is 2.93. The van der Waals surface area contributed by atoms with Crippen LogP contribution in [0.25, 0.3) is 0 Å². The van der Waals surface area contributed by atoms with Crippen LogP contribution in [0.1, 0.15) is 17.5 Å². The molecule has 2 heterocycles. The van der Waals surface area contributed by atoms with E-state index in [-0.39, 0.29) is 12.5 Å². The summed E-state index contributed by atoms with van der Waals surface area (Å²) in [4.78, 5) is 2.28. The van der Waals surface area contributed by atoms with Crippen molar-refractivity contribution < 1.29 is 13.5 Å². The maximum absolute atomic E-state index is 11.5. The third-order valence-corrected chi connectivity index (χ3v) is 5.97. The molecule has 0 bridgehead atoms. The van der Waals surface area contributed by atoms with Crippen molar-refractivity contribution >= 4 is 15.5 Å². The maximum Gasteiger partial charge on any atom is 0.150 e. The van der Waals surface area contributed by atoms with E-state index < -0.39 is 9.84 Å². The highest BCUT2D eigenvalue weighted by molar-refractivity contribution is 7.91. The van der Waals surface area contributed by atoms with Crippen LogP contribution in [0.4, 0.5) is 5.69 Å². The molecule has 2 aliphatic rings. The predicted molar refractivity (Wildman–Crippen MR) is 75.0 cm³/mol. The van der Waals surface area contributed by atoms with Gasteiger partial charge in [0.2, 0.25) is 0 Å². The van der Waals surface area contributed by atoms with E-state index >= 15 is 0 Å². The van der Waals surface area contributed by atoms with Crippen molar-refractivity contribution in [3.8, 4) is 0 Å². The summed E-state index contributed by atoms with van der Waals surface area (Å²) in [6, 6.07) is 6.07. The molecule has 1 N–H and O–H groups in total. The monoisotopic (exact) mass is 281 g/mol. The van der Waals surface area contributed by atoms with Crippen LogP contribution in [0, 0.1) is 5.92 Å². The van der Waals surface area contributed by atoms with Gasteiger partial charge in [-0.15, -0.1) is 0 Å². The number of aliphatic hydroxyl groups excluding tert-OH is 1. The van der Waals surface area contributed by atoms with E-state index in [0.29, 0.717) is 11.5 Å². The molecule has 19 heavy (non-hydrogen) atoms. The topological polar surface area (TPSA) is 57.6 Å². The second kappa shape index (κ2) is 4.80. The van der Waals surface area contributed by atoms with E-state index in [1.807, 2.05) is 12.1 Å². The lowest BCUT2D eigenvalue weighted by Crippen LogP contribution is -2.28. The molecule has 0 radical (unpaired) electrons. The molecule has 1 unspecified atom stereocenters. The van der Waals surface area contributed by atoms with Crippen LogP contribution in [-0.2, 0) is 22.9 Å². The Balaban J connectivity index is 1.75. The van der Waals surface area contributed by atoms with Gasteiger partial charge in [-0.05, 0) is 36.0 Å². The van der Waals surface area contributed by atoms with Gasteiger partial charge in [0.05, 0.1) is 18.1 Å². The summed E-state index contributed by atoms with van der Waals surface area (Å²) in [6.45, 7) is 1.83. The molecule has 0 saturated carbocycles. The smallest absolute Gasteiger partial charge is 0.150 e. The number of anilines is 1. The van der Waals surface area contributed by atoms with Gasteiger partial charge in [0.1, 0.15) is 0 Å². The van der Waals surface area contributed by atoms with Gasteiger partial charge < -0.3 is 10.0 Å². The third-order valence-electron chi connectivity index (χ3n) is 4.13. The third kappa shape index (κ3) is 2.62. The van der Waals surface area contributed by atoms with Crippen LogP contribution in [0.5, 0.6) is 0 Å². The predicted octanol–water partition coefficient (Wildman–Crippen LogP) is 0.976. The molecule has 0 spiro atoms. The minimum absolute atomic E-state index is 0.0545. The van der Waals surface area contributed by atoms with Crippen molar-refractivity contribution in [2.75, 3.05) is 29.5 Å². The van der Waals surface area contributed by atoms with Gasteiger partial charge in [0.15, 0.2) is 9.84 Å². The van der Waals surface area contributed by atoms with Crippen LogP contribution in [0.15, 0.2) is 18.2 Å². The Labute approximate surface area is 114 Å². The van der Waals surface area contributed by atoms with Gasteiger partial charge in [0.25, 0.3) is 0 Å². The van der Waals surface area contributed by atoms with Gasteiger partial charge in [-0.25, -0.2) is 8.42 Å². The van der Waals surface area contributed by atoms with Crippen molar-refractivity contribution in [3.63, 3.8) is 0 Å². The Morgan fingerprint density at radius 2 is 2.21 bits per heavy atom. The summed E-state index contributed by atoms with van der Waals surface area (Å²) in [7, 11) is -2.79. The second-order valence-corrected chi connectivity index (χ2v) is 7.81. The lowest BCUT2D eigenvalue weighted by molar-refractivity contribution is 0.282. The highest BCUT2D eigenvalue weighted by Gasteiger charge is 2.31. The van der Waals surface area contributed by atoms with Crippen LogP contribution < -0.4 is 4.90 Å². The van der Waals surface area contributed by atoms with Gasteiger partial charge in [-0.3, -0.25) is 0 Å². The average molecular weight is 281 g/mol. The first-order valence-electron chi connectivity index (χ1n) is 6.75. The molecule has 1 aromatic carbocycles. The first-order valence-corrected chi connectivity index (χ1v) is 8.57. The van der Waals surface area contributed by atoms with Crippen LogP contribution in [0.3, 0.4) is 0 Å². The highest BCUT2D eigenvalue weighted by atomic mass is 32.2. The van der Waals surface area contributed by atoms with E-state index in [9.17, 15) is 13.5 Å². The summed E-state index contributed by atoms with van der Waals surface area (Å²) >= 11 is 0. The molecule has 1 aromatic rings. The zero-order valence-corrected chi connectivity index (χ0v) is 11.7. The van der Waals surface area contributed by atoms with Gasteiger partial charge >= 0.3 is 0 Å². The first kappa shape index (κ1) is 12.9. The zero-order valence-electron chi connectivity index (χ0n) is 10.9. The SMILES string of the molecule is O=S1(=O)CCC(CN2CCc3ccc(CO)cc32)C1. The quantitative estimate of drug-likeness (QED) is 0.897. The molecule has 5 heteroatoms. The number of rotatable bonds is 3. The maximum atomic E-state index is 11.5. The summed E-state index contributed by atoms with van der Waals surface area (Å²) in [5.74, 6) is 0.932. The Morgan fingerprint density at radius 3 is 2.89 bits per heavy atom. The summed E-state index contributed by atoms with van der Waals surface area (Å²) < 4.78 is 23.0. The fourth-order valence-electron chi connectivity index (χ4n) is 3.11. The summed E-state index contributed by atoms with van der Waals surface area (Å²) in [5.41, 5.74) is 3.40. The number of hydrogen-bond acceptors (Lipinski definition) is 4. The van der Waals surface area contributed by atoms with E-state index in [1.165, 1.54) is 11.3 Å². The minimum Gasteiger partial charge on any atom is -0.392 e. The Morgan fingerprint density at radius 1 is 1.37 bits per heavy atom.